The van der Waals surface area contributed by atoms with Crippen LogP contribution in [0.3, 0.4) is 0 Å². The van der Waals surface area contributed by atoms with Gasteiger partial charge >= 0.3 is 5.97 Å². The first-order valence-corrected chi connectivity index (χ1v) is 7.69. The van der Waals surface area contributed by atoms with Crippen molar-refractivity contribution < 1.29 is 27.0 Å². The van der Waals surface area contributed by atoms with Gasteiger partial charge in [0, 0.05) is 11.3 Å². The minimum absolute atomic E-state index is 0.290. The minimum Gasteiger partial charge on any atom is -0.748 e. The highest BCUT2D eigenvalue weighted by Crippen LogP contribution is 2.03. The topological polar surface area (TPSA) is 83.5 Å². The number of unbranched alkanes of at least 4 members (excludes halogenated alkanes) is 1. The summed E-state index contributed by atoms with van der Waals surface area (Å²) < 4.78 is 36.9. The molecule has 6 nitrogen and oxygen atoms in total. The summed E-state index contributed by atoms with van der Waals surface area (Å²) in [6, 6.07) is 0. The van der Waals surface area contributed by atoms with Crippen molar-refractivity contribution in [2.75, 3.05) is 39.5 Å². The van der Waals surface area contributed by atoms with Crippen LogP contribution in [0.1, 0.15) is 19.8 Å². The molecular weight excluding hydrogens is 270 g/mol. The molecule has 112 valence electrons. The average Bonchev–Trinajstić information content (AvgIpc) is 2.22. The van der Waals surface area contributed by atoms with Crippen LogP contribution >= 0.6 is 0 Å². The first-order valence-electron chi connectivity index (χ1n) is 6.12. The fourth-order valence-electron chi connectivity index (χ4n) is 1.44. The van der Waals surface area contributed by atoms with Gasteiger partial charge in [-0.3, -0.25) is 0 Å². The molecule has 0 fully saturated rings. The zero-order chi connectivity index (χ0) is 15.1. The van der Waals surface area contributed by atoms with E-state index in [2.05, 4.69) is 6.58 Å². The second kappa shape index (κ2) is 7.62. The van der Waals surface area contributed by atoms with Crippen molar-refractivity contribution in [3.8, 4) is 0 Å². The second-order valence-corrected chi connectivity index (χ2v) is 6.79. The summed E-state index contributed by atoms with van der Waals surface area (Å²) in [7, 11) is -0.198. The third-order valence-corrected chi connectivity index (χ3v) is 3.47. The number of carbonyl (C=O) groups is 1. The van der Waals surface area contributed by atoms with E-state index in [-0.39, 0.29) is 5.75 Å². The van der Waals surface area contributed by atoms with Crippen LogP contribution in [-0.2, 0) is 19.6 Å². The monoisotopic (exact) mass is 293 g/mol. The lowest BCUT2D eigenvalue weighted by atomic mass is 10.3. The van der Waals surface area contributed by atoms with Gasteiger partial charge in [0.25, 0.3) is 0 Å². The molecule has 0 heterocycles. The summed E-state index contributed by atoms with van der Waals surface area (Å²) in [6.45, 7) is 6.72. The molecule has 0 unspecified atom stereocenters. The second-order valence-electron chi connectivity index (χ2n) is 5.27. The van der Waals surface area contributed by atoms with Gasteiger partial charge in [-0.15, -0.1) is 0 Å². The molecule has 0 aromatic heterocycles. The highest BCUT2D eigenvalue weighted by molar-refractivity contribution is 7.85. The number of rotatable bonds is 9. The largest absolute Gasteiger partial charge is 0.748 e. The highest BCUT2D eigenvalue weighted by atomic mass is 32.2. The van der Waals surface area contributed by atoms with Gasteiger partial charge < -0.3 is 13.8 Å². The van der Waals surface area contributed by atoms with Gasteiger partial charge in [0.1, 0.15) is 13.2 Å². The lowest BCUT2D eigenvalue weighted by Crippen LogP contribution is -2.43. The lowest BCUT2D eigenvalue weighted by Gasteiger charge is -2.29. The fraction of sp³-hybridized carbons (Fsp3) is 0.750. The van der Waals surface area contributed by atoms with E-state index in [0.717, 1.165) is 6.54 Å². The molecule has 7 heteroatoms. The SMILES string of the molecule is C=C(C)C(=O)OCC[N+](C)(C)CCCCS(=O)(=O)[O-]. The molecule has 0 saturated heterocycles. The van der Waals surface area contributed by atoms with Crippen LogP contribution in [0.4, 0.5) is 0 Å². The van der Waals surface area contributed by atoms with Crippen LogP contribution in [0, 0.1) is 0 Å². The Morgan fingerprint density at radius 1 is 1.26 bits per heavy atom. The molecule has 0 aliphatic carbocycles. The van der Waals surface area contributed by atoms with E-state index in [4.69, 9.17) is 4.74 Å². The lowest BCUT2D eigenvalue weighted by molar-refractivity contribution is -0.890. The first-order chi connectivity index (χ1) is 8.53. The summed E-state index contributed by atoms with van der Waals surface area (Å²) in [5, 5.41) is 0. The molecule has 0 aliphatic rings. The predicted octanol–water partition coefficient (Wildman–Crippen LogP) is 0.508. The van der Waals surface area contributed by atoms with Crippen LogP contribution in [0.15, 0.2) is 12.2 Å². The molecule has 0 saturated carbocycles. The molecular formula is C12H23NO5S. The number of ether oxygens (including phenoxy) is 1. The van der Waals surface area contributed by atoms with Gasteiger partial charge in [-0.1, -0.05) is 6.58 Å². The van der Waals surface area contributed by atoms with Crippen LogP contribution in [-0.4, -0.2) is 63.0 Å². The molecule has 0 aromatic rings. The molecule has 0 radical (unpaired) electrons. The molecule has 0 aliphatic heterocycles. The standard InChI is InChI=1S/C12H23NO5S/c1-11(2)12(14)18-9-8-13(3,4)7-5-6-10-19(15,16)17/h1,5-10H2,2-4H3. The minimum atomic E-state index is -4.12. The zero-order valence-electron chi connectivity index (χ0n) is 11.8. The van der Waals surface area contributed by atoms with Gasteiger partial charge in [-0.05, 0) is 19.8 Å². The first kappa shape index (κ1) is 18.1. The maximum Gasteiger partial charge on any atom is 0.333 e. The van der Waals surface area contributed by atoms with E-state index in [1.54, 1.807) is 6.92 Å². The average molecular weight is 293 g/mol. The maximum absolute atomic E-state index is 11.2. The summed E-state index contributed by atoms with van der Waals surface area (Å²) in [4.78, 5) is 11.2. The van der Waals surface area contributed by atoms with Crippen molar-refractivity contribution in [3.63, 3.8) is 0 Å². The van der Waals surface area contributed by atoms with Crippen molar-refractivity contribution in [3.05, 3.63) is 12.2 Å². The fourth-order valence-corrected chi connectivity index (χ4v) is 2.00. The molecule has 0 N–H and O–H groups in total. The number of hydrogen-bond donors (Lipinski definition) is 0. The normalized spacial score (nSPS) is 12.2. The molecule has 0 bridgehead atoms. The van der Waals surface area contributed by atoms with E-state index < -0.39 is 16.1 Å². The quantitative estimate of drug-likeness (QED) is 0.203. The molecule has 0 spiro atoms. The molecule has 0 aromatic carbocycles. The Labute approximate surface area is 115 Å². The Balaban J connectivity index is 3.86. The van der Waals surface area contributed by atoms with Gasteiger partial charge in [-0.2, -0.15) is 0 Å². The third-order valence-electron chi connectivity index (χ3n) is 2.69. The predicted molar refractivity (Wildman–Crippen MR) is 71.4 cm³/mol. The molecule has 0 rings (SSSR count). The van der Waals surface area contributed by atoms with Gasteiger partial charge in [-0.25, -0.2) is 13.2 Å². The van der Waals surface area contributed by atoms with Crippen molar-refractivity contribution >= 4 is 16.1 Å². The van der Waals surface area contributed by atoms with E-state index in [9.17, 15) is 17.8 Å². The van der Waals surface area contributed by atoms with Gasteiger partial charge in [0.05, 0.1) is 30.8 Å². The van der Waals surface area contributed by atoms with E-state index in [1.807, 2.05) is 14.1 Å². The third kappa shape index (κ3) is 10.7. The number of nitrogens with zero attached hydrogens (tertiary/aromatic N) is 1. The van der Waals surface area contributed by atoms with E-state index in [1.165, 1.54) is 0 Å². The smallest absolute Gasteiger partial charge is 0.333 e. The Hall–Kier alpha value is -0.920. The number of esters is 1. The summed E-state index contributed by atoms with van der Waals surface area (Å²) in [5.41, 5.74) is 0.367. The van der Waals surface area contributed by atoms with Crippen LogP contribution in [0.25, 0.3) is 0 Å². The van der Waals surface area contributed by atoms with Crippen molar-refractivity contribution in [2.24, 2.45) is 0 Å². The van der Waals surface area contributed by atoms with Crippen molar-refractivity contribution in [2.45, 2.75) is 19.8 Å². The maximum atomic E-state index is 11.2. The molecule has 0 amide bonds. The number of quaternary nitrogens is 1. The van der Waals surface area contributed by atoms with Crippen molar-refractivity contribution in [1.29, 1.82) is 0 Å². The molecule has 19 heavy (non-hydrogen) atoms. The van der Waals surface area contributed by atoms with Gasteiger partial charge in [0.2, 0.25) is 0 Å². The van der Waals surface area contributed by atoms with Crippen LogP contribution < -0.4 is 0 Å². The zero-order valence-corrected chi connectivity index (χ0v) is 12.7. The number of hydrogen-bond acceptors (Lipinski definition) is 5. The molecule has 0 atom stereocenters. The van der Waals surface area contributed by atoms with E-state index in [0.29, 0.717) is 36.0 Å². The van der Waals surface area contributed by atoms with Gasteiger partial charge in [0.15, 0.2) is 0 Å². The number of carbonyl (C=O) groups excluding carboxylic acids is 1. The van der Waals surface area contributed by atoms with Crippen LogP contribution in [0.2, 0.25) is 0 Å². The highest BCUT2D eigenvalue weighted by Gasteiger charge is 2.15. The summed E-state index contributed by atoms with van der Waals surface area (Å²) in [5.74, 6) is -0.727. The number of likely N-dealkylation sites (N-methyl/N-ethyl adjacent to an activating group) is 1. The Morgan fingerprint density at radius 2 is 1.84 bits per heavy atom. The Bertz CT molecular complexity index is 414. The van der Waals surface area contributed by atoms with Crippen LogP contribution in [0.5, 0.6) is 0 Å². The van der Waals surface area contributed by atoms with E-state index >= 15 is 0 Å². The summed E-state index contributed by atoms with van der Waals surface area (Å²) in [6.07, 6.45) is 1.00. The Morgan fingerprint density at radius 3 is 2.32 bits per heavy atom. The van der Waals surface area contributed by atoms with Crippen molar-refractivity contribution in [1.82, 2.24) is 0 Å². The summed E-state index contributed by atoms with van der Waals surface area (Å²) >= 11 is 0. The Kier molecular flexibility index (Phi) is 7.25.